The van der Waals surface area contributed by atoms with Crippen LogP contribution in [0.1, 0.15) is 12.8 Å². The Hall–Kier alpha value is -0.300. The number of hydrogen-bond acceptors (Lipinski definition) is 1. The van der Waals surface area contributed by atoms with E-state index in [4.69, 9.17) is 11.6 Å². The molecule has 1 saturated carbocycles. The molecule has 1 nitrogen and oxygen atoms in total. The summed E-state index contributed by atoms with van der Waals surface area (Å²) in [5, 5.41) is -0.219. The lowest BCUT2D eigenvalue weighted by Crippen LogP contribution is -2.37. The van der Waals surface area contributed by atoms with E-state index in [1.165, 1.54) is 0 Å². The molecule has 3 aliphatic rings. The number of hydrogen-bond donors (Lipinski definition) is 0. The Labute approximate surface area is 65.1 Å². The standard InChI is InChI=1S/C8H9ClO/c9-7-5-1-3-6(4-2-5)8(7)10/h1,3,5-7H,2,4H2. The molecular formula is C8H9ClO. The minimum absolute atomic E-state index is 0.146. The highest BCUT2D eigenvalue weighted by Crippen LogP contribution is 2.36. The monoisotopic (exact) mass is 156 g/mol. The number of carbonyl (C=O) groups excluding carboxylic acids is 1. The third-order valence-electron chi connectivity index (χ3n) is 2.41. The van der Waals surface area contributed by atoms with Crippen LogP contribution in [0.2, 0.25) is 0 Å². The third kappa shape index (κ3) is 0.734. The summed E-state index contributed by atoms with van der Waals surface area (Å²) in [6, 6.07) is 0. The molecule has 0 aromatic carbocycles. The first-order valence-electron chi connectivity index (χ1n) is 3.65. The number of halogens is 1. The van der Waals surface area contributed by atoms with E-state index in [2.05, 4.69) is 6.08 Å². The van der Waals surface area contributed by atoms with E-state index in [1.807, 2.05) is 6.08 Å². The lowest BCUT2D eigenvalue weighted by atomic mass is 9.75. The summed E-state index contributed by atoms with van der Waals surface area (Å²) in [6.07, 6.45) is 6.22. The van der Waals surface area contributed by atoms with Crippen LogP contribution in [0.5, 0.6) is 0 Å². The molecule has 0 heterocycles. The van der Waals surface area contributed by atoms with Gasteiger partial charge in [0.1, 0.15) is 0 Å². The molecule has 0 aliphatic heterocycles. The van der Waals surface area contributed by atoms with Crippen molar-refractivity contribution in [3.8, 4) is 0 Å². The molecule has 2 bridgehead atoms. The summed E-state index contributed by atoms with van der Waals surface area (Å²) in [5.41, 5.74) is 0. The van der Waals surface area contributed by atoms with Gasteiger partial charge in [0.05, 0.1) is 5.38 Å². The van der Waals surface area contributed by atoms with Crippen LogP contribution in [0.15, 0.2) is 12.2 Å². The van der Waals surface area contributed by atoms with Crippen LogP contribution in [-0.4, -0.2) is 11.2 Å². The highest BCUT2D eigenvalue weighted by molar-refractivity contribution is 6.32. The molecule has 3 atom stereocenters. The molecule has 3 aliphatic carbocycles. The van der Waals surface area contributed by atoms with Gasteiger partial charge in [0.25, 0.3) is 0 Å². The molecule has 2 heteroatoms. The van der Waals surface area contributed by atoms with Gasteiger partial charge in [-0.15, -0.1) is 11.6 Å². The molecule has 10 heavy (non-hydrogen) atoms. The minimum Gasteiger partial charge on any atom is -0.297 e. The second kappa shape index (κ2) is 2.09. The number of fused-ring (bicyclic) bond motifs is 2. The van der Waals surface area contributed by atoms with Crippen LogP contribution < -0.4 is 0 Å². The smallest absolute Gasteiger partial charge is 0.158 e. The Balaban J connectivity index is 2.33. The zero-order chi connectivity index (χ0) is 7.14. The molecule has 1 fully saturated rings. The van der Waals surface area contributed by atoms with Gasteiger partial charge in [-0.25, -0.2) is 0 Å². The molecule has 0 radical (unpaired) electrons. The molecule has 0 saturated heterocycles. The maximum Gasteiger partial charge on any atom is 0.158 e. The predicted octanol–water partition coefficient (Wildman–Crippen LogP) is 1.76. The van der Waals surface area contributed by atoms with Gasteiger partial charge in [0.2, 0.25) is 0 Å². The normalized spacial score (nSPS) is 44.5. The Morgan fingerprint density at radius 3 is 2.50 bits per heavy atom. The number of rotatable bonds is 0. The van der Waals surface area contributed by atoms with E-state index in [0.717, 1.165) is 12.8 Å². The molecule has 0 N–H and O–H groups in total. The third-order valence-corrected chi connectivity index (χ3v) is 2.95. The van der Waals surface area contributed by atoms with Crippen molar-refractivity contribution in [2.45, 2.75) is 18.2 Å². The van der Waals surface area contributed by atoms with Gasteiger partial charge in [0, 0.05) is 11.8 Å². The van der Waals surface area contributed by atoms with Crippen LogP contribution in [0.25, 0.3) is 0 Å². The van der Waals surface area contributed by atoms with Crippen molar-refractivity contribution in [3.63, 3.8) is 0 Å². The first-order chi connectivity index (χ1) is 4.79. The van der Waals surface area contributed by atoms with Gasteiger partial charge in [-0.2, -0.15) is 0 Å². The molecule has 3 rings (SSSR count). The molecule has 0 aromatic heterocycles. The number of ketones is 1. The number of carbonyl (C=O) groups is 1. The van der Waals surface area contributed by atoms with Gasteiger partial charge in [-0.3, -0.25) is 4.79 Å². The summed E-state index contributed by atoms with van der Waals surface area (Å²) in [6.45, 7) is 0. The summed E-state index contributed by atoms with van der Waals surface area (Å²) in [7, 11) is 0. The molecule has 54 valence electrons. The fourth-order valence-electron chi connectivity index (χ4n) is 1.74. The zero-order valence-corrected chi connectivity index (χ0v) is 6.34. The highest BCUT2D eigenvalue weighted by Gasteiger charge is 2.37. The molecule has 0 amide bonds. The molecule has 0 spiro atoms. The Morgan fingerprint density at radius 2 is 2.20 bits per heavy atom. The largest absolute Gasteiger partial charge is 0.297 e. The average molecular weight is 157 g/mol. The summed E-state index contributed by atoms with van der Waals surface area (Å²) < 4.78 is 0. The summed E-state index contributed by atoms with van der Waals surface area (Å²) in [5.74, 6) is 0.715. The molecule has 3 unspecified atom stereocenters. The van der Waals surface area contributed by atoms with Crippen LogP contribution in [0, 0.1) is 11.8 Å². The van der Waals surface area contributed by atoms with E-state index >= 15 is 0 Å². The van der Waals surface area contributed by atoms with Crippen molar-refractivity contribution < 1.29 is 4.79 Å². The molecular weight excluding hydrogens is 148 g/mol. The van der Waals surface area contributed by atoms with Crippen molar-refractivity contribution in [2.75, 3.05) is 0 Å². The average Bonchev–Trinajstić information content (AvgIpc) is 2.00. The van der Waals surface area contributed by atoms with Gasteiger partial charge >= 0.3 is 0 Å². The van der Waals surface area contributed by atoms with Gasteiger partial charge in [0.15, 0.2) is 5.78 Å². The number of allylic oxidation sites excluding steroid dienone is 2. The van der Waals surface area contributed by atoms with Crippen LogP contribution >= 0.6 is 11.6 Å². The van der Waals surface area contributed by atoms with Crippen LogP contribution in [0.4, 0.5) is 0 Å². The Bertz CT molecular complexity index is 197. The van der Waals surface area contributed by atoms with Crippen molar-refractivity contribution >= 4 is 17.4 Å². The molecule has 0 aromatic rings. The Morgan fingerprint density at radius 1 is 1.40 bits per heavy atom. The quantitative estimate of drug-likeness (QED) is 0.386. The maximum absolute atomic E-state index is 11.2. The van der Waals surface area contributed by atoms with E-state index in [1.54, 1.807) is 0 Å². The van der Waals surface area contributed by atoms with Crippen LogP contribution in [0.3, 0.4) is 0 Å². The second-order valence-corrected chi connectivity index (χ2v) is 3.51. The van der Waals surface area contributed by atoms with Crippen molar-refractivity contribution in [3.05, 3.63) is 12.2 Å². The van der Waals surface area contributed by atoms with Crippen molar-refractivity contribution in [1.82, 2.24) is 0 Å². The first kappa shape index (κ1) is 6.41. The van der Waals surface area contributed by atoms with E-state index in [0.29, 0.717) is 5.92 Å². The van der Waals surface area contributed by atoms with E-state index < -0.39 is 0 Å². The van der Waals surface area contributed by atoms with E-state index in [9.17, 15) is 4.79 Å². The number of Topliss-reactive ketones (excluding diaryl/α,β-unsaturated/α-hetero) is 1. The van der Waals surface area contributed by atoms with Crippen molar-refractivity contribution in [1.29, 1.82) is 0 Å². The SMILES string of the molecule is O=C1C2C=CC(CC2)C1Cl. The second-order valence-electron chi connectivity index (χ2n) is 3.04. The van der Waals surface area contributed by atoms with Crippen LogP contribution in [-0.2, 0) is 4.79 Å². The lowest BCUT2D eigenvalue weighted by Gasteiger charge is -2.32. The highest BCUT2D eigenvalue weighted by atomic mass is 35.5. The minimum atomic E-state index is -0.219. The number of alkyl halides is 1. The van der Waals surface area contributed by atoms with Crippen molar-refractivity contribution in [2.24, 2.45) is 11.8 Å². The van der Waals surface area contributed by atoms with Gasteiger partial charge in [-0.05, 0) is 12.8 Å². The fraction of sp³-hybridized carbons (Fsp3) is 0.625. The Kier molecular flexibility index (Phi) is 1.34. The lowest BCUT2D eigenvalue weighted by molar-refractivity contribution is -0.124. The summed E-state index contributed by atoms with van der Waals surface area (Å²) in [4.78, 5) is 11.2. The summed E-state index contributed by atoms with van der Waals surface area (Å²) >= 11 is 5.86. The van der Waals surface area contributed by atoms with E-state index in [-0.39, 0.29) is 17.1 Å². The fourth-order valence-corrected chi connectivity index (χ4v) is 2.11. The van der Waals surface area contributed by atoms with Gasteiger partial charge < -0.3 is 0 Å². The zero-order valence-electron chi connectivity index (χ0n) is 5.59. The predicted molar refractivity (Wildman–Crippen MR) is 40.0 cm³/mol. The first-order valence-corrected chi connectivity index (χ1v) is 4.09. The topological polar surface area (TPSA) is 17.1 Å². The van der Waals surface area contributed by atoms with Gasteiger partial charge in [-0.1, -0.05) is 12.2 Å². The maximum atomic E-state index is 11.2.